The first-order valence-electron chi connectivity index (χ1n) is 6.24. The molecule has 2 nitrogen and oxygen atoms in total. The molecule has 0 atom stereocenters. The molecule has 0 fully saturated rings. The van der Waals surface area contributed by atoms with Gasteiger partial charge in [0, 0.05) is 16.0 Å². The molecule has 0 aliphatic carbocycles. The lowest BCUT2D eigenvalue weighted by molar-refractivity contribution is 1.22. The van der Waals surface area contributed by atoms with E-state index in [1.54, 1.807) is 12.1 Å². The largest absolute Gasteiger partial charge is 0.228 e. The monoisotopic (exact) mass is 302 g/mol. The number of nitrogens with zero attached hydrogens (tertiary/aromatic N) is 2. The predicted octanol–water partition coefficient (Wildman–Crippen LogP) is 5.22. The zero-order valence-electron chi connectivity index (χ0n) is 11.1. The Balaban J connectivity index is 2.24. The molecule has 0 spiro atoms. The van der Waals surface area contributed by atoms with Crippen LogP contribution in [0.4, 0.5) is 0 Å². The van der Waals surface area contributed by atoms with E-state index >= 15 is 0 Å². The number of benzene rings is 2. The van der Waals surface area contributed by atoms with Crippen molar-refractivity contribution in [1.82, 2.24) is 9.97 Å². The molecule has 3 aromatic rings. The number of hydrogen-bond donors (Lipinski definition) is 0. The molecule has 100 valence electrons. The van der Waals surface area contributed by atoms with Crippen molar-refractivity contribution >= 4 is 34.1 Å². The third kappa shape index (κ3) is 2.49. The van der Waals surface area contributed by atoms with E-state index in [1.165, 1.54) is 11.1 Å². The number of aryl methyl sites for hydroxylation is 2. The fraction of sp³-hybridized carbons (Fsp3) is 0.125. The molecule has 4 heteroatoms. The molecule has 0 aliphatic rings. The summed E-state index contributed by atoms with van der Waals surface area (Å²) in [6, 6.07) is 11.7. The van der Waals surface area contributed by atoms with Gasteiger partial charge in [-0.25, -0.2) is 9.97 Å². The molecule has 0 aliphatic heterocycles. The lowest BCUT2D eigenvalue weighted by Crippen LogP contribution is -1.93. The summed E-state index contributed by atoms with van der Waals surface area (Å²) in [4.78, 5) is 8.97. The third-order valence-corrected chi connectivity index (χ3v) is 3.61. The highest BCUT2D eigenvalue weighted by Gasteiger charge is 2.09. The van der Waals surface area contributed by atoms with Crippen LogP contribution in [0, 0.1) is 13.8 Å². The maximum Gasteiger partial charge on any atom is 0.161 e. The standard InChI is InChI=1S/C16H12Cl2N2/c1-9-5-10(2)7-11(6-9)16-19-14-4-3-12(17)8-13(14)15(18)20-16/h3-8H,1-2H3. The lowest BCUT2D eigenvalue weighted by atomic mass is 10.1. The van der Waals surface area contributed by atoms with Crippen molar-refractivity contribution in [2.75, 3.05) is 0 Å². The second-order valence-electron chi connectivity index (χ2n) is 4.88. The maximum atomic E-state index is 6.25. The molecule has 0 amide bonds. The predicted molar refractivity (Wildman–Crippen MR) is 84.5 cm³/mol. The van der Waals surface area contributed by atoms with Crippen LogP contribution in [0.2, 0.25) is 10.2 Å². The van der Waals surface area contributed by atoms with Crippen LogP contribution >= 0.6 is 23.2 Å². The molecule has 0 saturated heterocycles. The zero-order valence-corrected chi connectivity index (χ0v) is 12.6. The van der Waals surface area contributed by atoms with E-state index in [0.29, 0.717) is 16.0 Å². The fourth-order valence-electron chi connectivity index (χ4n) is 2.30. The normalized spacial score (nSPS) is 11.0. The summed E-state index contributed by atoms with van der Waals surface area (Å²) in [5, 5.41) is 1.82. The molecular weight excluding hydrogens is 291 g/mol. The maximum absolute atomic E-state index is 6.25. The molecule has 0 N–H and O–H groups in total. The van der Waals surface area contributed by atoms with Crippen molar-refractivity contribution < 1.29 is 0 Å². The van der Waals surface area contributed by atoms with Gasteiger partial charge in [0.25, 0.3) is 0 Å². The highest BCUT2D eigenvalue weighted by Crippen LogP contribution is 2.27. The van der Waals surface area contributed by atoms with E-state index in [0.717, 1.165) is 16.5 Å². The Morgan fingerprint density at radius 3 is 2.25 bits per heavy atom. The Labute approximate surface area is 127 Å². The molecule has 0 bridgehead atoms. The van der Waals surface area contributed by atoms with E-state index in [4.69, 9.17) is 23.2 Å². The third-order valence-electron chi connectivity index (χ3n) is 3.09. The Kier molecular flexibility index (Phi) is 3.36. The van der Waals surface area contributed by atoms with E-state index in [2.05, 4.69) is 42.0 Å². The first kappa shape index (κ1) is 13.3. The minimum Gasteiger partial charge on any atom is -0.228 e. The lowest BCUT2D eigenvalue weighted by Gasteiger charge is -2.07. The van der Waals surface area contributed by atoms with Gasteiger partial charge in [-0.2, -0.15) is 0 Å². The van der Waals surface area contributed by atoms with Crippen molar-refractivity contribution in [3.63, 3.8) is 0 Å². The number of hydrogen-bond acceptors (Lipinski definition) is 2. The average Bonchev–Trinajstić information content (AvgIpc) is 2.38. The molecule has 1 aromatic heterocycles. The van der Waals surface area contributed by atoms with Crippen LogP contribution in [-0.2, 0) is 0 Å². The van der Waals surface area contributed by atoms with Crippen molar-refractivity contribution in [3.05, 3.63) is 57.7 Å². The molecule has 0 radical (unpaired) electrons. The number of rotatable bonds is 1. The summed E-state index contributed by atoms with van der Waals surface area (Å²) < 4.78 is 0. The van der Waals surface area contributed by atoms with Gasteiger partial charge in [0.2, 0.25) is 0 Å². The first-order valence-corrected chi connectivity index (χ1v) is 7.00. The van der Waals surface area contributed by atoms with Gasteiger partial charge in [-0.05, 0) is 44.2 Å². The van der Waals surface area contributed by atoms with Crippen LogP contribution in [0.1, 0.15) is 11.1 Å². The van der Waals surface area contributed by atoms with Gasteiger partial charge in [0.05, 0.1) is 5.52 Å². The van der Waals surface area contributed by atoms with Gasteiger partial charge < -0.3 is 0 Å². The fourth-order valence-corrected chi connectivity index (χ4v) is 2.70. The summed E-state index contributed by atoms with van der Waals surface area (Å²) in [6.45, 7) is 4.11. The number of aromatic nitrogens is 2. The van der Waals surface area contributed by atoms with E-state index in [1.807, 2.05) is 6.07 Å². The SMILES string of the molecule is Cc1cc(C)cc(-c2nc(Cl)c3cc(Cl)ccc3n2)c1. The quantitative estimate of drug-likeness (QED) is 0.576. The van der Waals surface area contributed by atoms with Gasteiger partial charge in [0.1, 0.15) is 5.15 Å². The van der Waals surface area contributed by atoms with Crippen molar-refractivity contribution in [3.8, 4) is 11.4 Å². The van der Waals surface area contributed by atoms with Gasteiger partial charge >= 0.3 is 0 Å². The smallest absolute Gasteiger partial charge is 0.161 e. The van der Waals surface area contributed by atoms with Gasteiger partial charge in [-0.1, -0.05) is 40.4 Å². The topological polar surface area (TPSA) is 25.8 Å². The van der Waals surface area contributed by atoms with Crippen molar-refractivity contribution in [2.24, 2.45) is 0 Å². The Morgan fingerprint density at radius 2 is 1.55 bits per heavy atom. The van der Waals surface area contributed by atoms with Gasteiger partial charge in [0.15, 0.2) is 5.82 Å². The van der Waals surface area contributed by atoms with Gasteiger partial charge in [-0.15, -0.1) is 0 Å². The molecule has 2 aromatic carbocycles. The summed E-state index contributed by atoms with van der Waals surface area (Å²) in [5.41, 5.74) is 4.12. The highest BCUT2D eigenvalue weighted by atomic mass is 35.5. The van der Waals surface area contributed by atoms with Crippen molar-refractivity contribution in [2.45, 2.75) is 13.8 Å². The number of fused-ring (bicyclic) bond motifs is 1. The summed E-state index contributed by atoms with van der Waals surface area (Å²) in [6.07, 6.45) is 0. The second-order valence-corrected chi connectivity index (χ2v) is 5.67. The van der Waals surface area contributed by atoms with Crippen molar-refractivity contribution in [1.29, 1.82) is 0 Å². The van der Waals surface area contributed by atoms with E-state index < -0.39 is 0 Å². The Hall–Kier alpha value is -1.64. The van der Waals surface area contributed by atoms with Crippen LogP contribution in [0.3, 0.4) is 0 Å². The minimum atomic E-state index is 0.423. The van der Waals surface area contributed by atoms with E-state index in [9.17, 15) is 0 Å². The second kappa shape index (κ2) is 5.04. The van der Waals surface area contributed by atoms with E-state index in [-0.39, 0.29) is 0 Å². The average molecular weight is 303 g/mol. The minimum absolute atomic E-state index is 0.423. The van der Waals surface area contributed by atoms with Gasteiger partial charge in [-0.3, -0.25) is 0 Å². The summed E-state index contributed by atoms with van der Waals surface area (Å²) >= 11 is 12.2. The van der Waals surface area contributed by atoms with Crippen LogP contribution in [0.25, 0.3) is 22.3 Å². The molecule has 0 unspecified atom stereocenters. The molecular formula is C16H12Cl2N2. The first-order chi connectivity index (χ1) is 9.52. The van der Waals surface area contributed by atoms with Crippen LogP contribution in [-0.4, -0.2) is 9.97 Å². The highest BCUT2D eigenvalue weighted by molar-refractivity contribution is 6.35. The molecule has 20 heavy (non-hydrogen) atoms. The Morgan fingerprint density at radius 1 is 0.850 bits per heavy atom. The van der Waals surface area contributed by atoms with Crippen LogP contribution < -0.4 is 0 Å². The van der Waals surface area contributed by atoms with Crippen LogP contribution in [0.5, 0.6) is 0 Å². The van der Waals surface area contributed by atoms with Crippen LogP contribution in [0.15, 0.2) is 36.4 Å². The number of halogens is 2. The molecule has 1 heterocycles. The Bertz CT molecular complexity index is 793. The molecule has 0 saturated carbocycles. The summed E-state index contributed by atoms with van der Waals surface area (Å²) in [7, 11) is 0. The zero-order chi connectivity index (χ0) is 14.3. The summed E-state index contributed by atoms with van der Waals surface area (Å²) in [5.74, 6) is 0.636. The molecule has 3 rings (SSSR count).